The van der Waals surface area contributed by atoms with E-state index in [9.17, 15) is 14.9 Å². The number of nitrogens with zero attached hydrogens (tertiary/aromatic N) is 1. The number of carbonyl (C=O) groups is 1. The zero-order valence-electron chi connectivity index (χ0n) is 9.02. The highest BCUT2D eigenvalue weighted by molar-refractivity contribution is 6.39. The van der Waals surface area contributed by atoms with Crippen LogP contribution in [0.15, 0.2) is 12.1 Å². The molecule has 0 spiro atoms. The SMILES string of the molecule is Nc1c(Cl)cc(NC(=O)[C@H]2C[C@H]2[N+](=O)[O-])cc1Cl. The maximum absolute atomic E-state index is 11.7. The summed E-state index contributed by atoms with van der Waals surface area (Å²) in [6, 6.07) is 2.11. The molecule has 0 heterocycles. The maximum Gasteiger partial charge on any atom is 0.234 e. The normalized spacial score (nSPS) is 21.4. The van der Waals surface area contributed by atoms with Crippen molar-refractivity contribution in [3.8, 4) is 0 Å². The number of hydrogen-bond acceptors (Lipinski definition) is 4. The van der Waals surface area contributed by atoms with Crippen LogP contribution < -0.4 is 11.1 Å². The van der Waals surface area contributed by atoms with Crippen molar-refractivity contribution in [1.82, 2.24) is 0 Å². The first-order valence-corrected chi connectivity index (χ1v) is 5.84. The van der Waals surface area contributed by atoms with E-state index >= 15 is 0 Å². The Morgan fingerprint density at radius 3 is 2.44 bits per heavy atom. The van der Waals surface area contributed by atoms with Gasteiger partial charge in [-0.05, 0) is 12.1 Å². The van der Waals surface area contributed by atoms with Crippen LogP contribution >= 0.6 is 23.2 Å². The van der Waals surface area contributed by atoms with Gasteiger partial charge in [0, 0.05) is 17.0 Å². The lowest BCUT2D eigenvalue weighted by Gasteiger charge is -2.07. The molecule has 0 bridgehead atoms. The minimum Gasteiger partial charge on any atom is -0.396 e. The highest BCUT2D eigenvalue weighted by atomic mass is 35.5. The monoisotopic (exact) mass is 289 g/mol. The molecule has 18 heavy (non-hydrogen) atoms. The van der Waals surface area contributed by atoms with Gasteiger partial charge in [-0.25, -0.2) is 0 Å². The number of halogens is 2. The number of nitrogens with one attached hydrogen (secondary N) is 1. The quantitative estimate of drug-likeness (QED) is 0.506. The Bertz CT molecular complexity index is 512. The molecule has 1 aliphatic carbocycles. The van der Waals surface area contributed by atoms with E-state index in [1.807, 2.05) is 0 Å². The number of benzene rings is 1. The van der Waals surface area contributed by atoms with E-state index in [4.69, 9.17) is 28.9 Å². The lowest BCUT2D eigenvalue weighted by atomic mass is 10.2. The van der Waals surface area contributed by atoms with Gasteiger partial charge in [0.05, 0.1) is 15.7 Å². The highest BCUT2D eigenvalue weighted by Gasteiger charge is 2.53. The summed E-state index contributed by atoms with van der Waals surface area (Å²) in [5.74, 6) is -0.997. The second-order valence-electron chi connectivity index (χ2n) is 4.04. The number of anilines is 2. The van der Waals surface area contributed by atoms with Crippen LogP contribution in [0.3, 0.4) is 0 Å². The summed E-state index contributed by atoms with van der Waals surface area (Å²) >= 11 is 11.6. The Morgan fingerprint density at radius 1 is 1.44 bits per heavy atom. The second kappa shape index (κ2) is 4.62. The van der Waals surface area contributed by atoms with Crippen LogP contribution in [0.2, 0.25) is 10.0 Å². The molecule has 2 atom stereocenters. The topological polar surface area (TPSA) is 98.3 Å². The van der Waals surface area contributed by atoms with E-state index in [0.717, 1.165) is 0 Å². The van der Waals surface area contributed by atoms with Gasteiger partial charge in [0.25, 0.3) is 0 Å². The van der Waals surface area contributed by atoms with Gasteiger partial charge in [-0.3, -0.25) is 14.9 Å². The lowest BCUT2D eigenvalue weighted by molar-refractivity contribution is -0.497. The summed E-state index contributed by atoms with van der Waals surface area (Å²) in [5.41, 5.74) is 6.15. The largest absolute Gasteiger partial charge is 0.396 e. The first-order chi connectivity index (χ1) is 8.40. The number of rotatable bonds is 3. The molecule has 1 aromatic rings. The van der Waals surface area contributed by atoms with Crippen LogP contribution in [0.4, 0.5) is 11.4 Å². The third-order valence-corrected chi connectivity index (χ3v) is 3.34. The van der Waals surface area contributed by atoms with Crippen molar-refractivity contribution in [2.75, 3.05) is 11.1 Å². The first kappa shape index (κ1) is 12.9. The van der Waals surface area contributed by atoms with Gasteiger partial charge in [0.15, 0.2) is 0 Å². The van der Waals surface area contributed by atoms with Crippen LogP contribution in [0.5, 0.6) is 0 Å². The Balaban J connectivity index is 2.07. The molecule has 1 fully saturated rings. The van der Waals surface area contributed by atoms with Crippen molar-refractivity contribution < 1.29 is 9.72 Å². The fourth-order valence-electron chi connectivity index (χ4n) is 1.59. The predicted molar refractivity (Wildman–Crippen MR) is 68.4 cm³/mol. The summed E-state index contributed by atoms with van der Waals surface area (Å²) in [6.07, 6.45) is 0.259. The summed E-state index contributed by atoms with van der Waals surface area (Å²) in [4.78, 5) is 21.7. The lowest BCUT2D eigenvalue weighted by Crippen LogP contribution is -2.18. The number of nitrogen functional groups attached to an aromatic ring is 1. The Hall–Kier alpha value is -1.53. The van der Waals surface area contributed by atoms with Crippen LogP contribution in [0.1, 0.15) is 6.42 Å². The zero-order valence-corrected chi connectivity index (χ0v) is 10.5. The van der Waals surface area contributed by atoms with E-state index in [1.54, 1.807) is 0 Å². The molecule has 8 heteroatoms. The highest BCUT2D eigenvalue weighted by Crippen LogP contribution is 2.35. The van der Waals surface area contributed by atoms with Gasteiger partial charge in [-0.1, -0.05) is 23.2 Å². The molecule has 0 aliphatic heterocycles. The van der Waals surface area contributed by atoms with E-state index in [-0.39, 0.29) is 22.2 Å². The van der Waals surface area contributed by atoms with Gasteiger partial charge in [-0.2, -0.15) is 0 Å². The molecule has 0 radical (unpaired) electrons. The van der Waals surface area contributed by atoms with Gasteiger partial charge in [0.1, 0.15) is 5.92 Å². The van der Waals surface area contributed by atoms with E-state index in [2.05, 4.69) is 5.32 Å². The third-order valence-electron chi connectivity index (χ3n) is 2.71. The minimum absolute atomic E-state index is 0.222. The number of nitro groups is 1. The van der Waals surface area contributed by atoms with Crippen molar-refractivity contribution in [2.45, 2.75) is 12.5 Å². The Morgan fingerprint density at radius 2 is 2.00 bits per heavy atom. The van der Waals surface area contributed by atoms with Crippen LogP contribution in [0, 0.1) is 16.0 Å². The standard InChI is InChI=1S/C10H9Cl2N3O3/c11-6-1-4(2-7(12)9(6)13)14-10(16)5-3-8(5)15(17)18/h1-2,5,8H,3,13H2,(H,14,16)/t5-,8+/m0/s1. The van der Waals surface area contributed by atoms with Gasteiger partial charge >= 0.3 is 0 Å². The van der Waals surface area contributed by atoms with Crippen molar-refractivity contribution in [1.29, 1.82) is 0 Å². The Kier molecular flexibility index (Phi) is 3.32. The minimum atomic E-state index is -0.787. The van der Waals surface area contributed by atoms with E-state index in [0.29, 0.717) is 5.69 Å². The first-order valence-electron chi connectivity index (χ1n) is 5.09. The summed E-state index contributed by atoms with van der Waals surface area (Å²) in [7, 11) is 0. The van der Waals surface area contributed by atoms with Crippen molar-refractivity contribution in [3.05, 3.63) is 32.3 Å². The molecule has 3 N–H and O–H groups in total. The fraction of sp³-hybridized carbons (Fsp3) is 0.300. The van der Waals surface area contributed by atoms with Crippen molar-refractivity contribution >= 4 is 40.5 Å². The second-order valence-corrected chi connectivity index (χ2v) is 4.85. The van der Waals surface area contributed by atoms with Crippen molar-refractivity contribution in [3.63, 3.8) is 0 Å². The van der Waals surface area contributed by atoms with Crippen molar-refractivity contribution in [2.24, 2.45) is 5.92 Å². The van der Waals surface area contributed by atoms with Gasteiger partial charge in [0.2, 0.25) is 11.9 Å². The predicted octanol–water partition coefficient (Wildman–Crippen LogP) is 2.18. The van der Waals surface area contributed by atoms with E-state index in [1.165, 1.54) is 12.1 Å². The molecule has 2 rings (SSSR count). The molecule has 0 saturated heterocycles. The maximum atomic E-state index is 11.7. The molecule has 1 aliphatic rings. The summed E-state index contributed by atoms with van der Waals surface area (Å²) < 4.78 is 0. The number of hydrogen-bond donors (Lipinski definition) is 2. The summed E-state index contributed by atoms with van der Waals surface area (Å²) in [6.45, 7) is 0. The molecule has 1 amide bonds. The zero-order chi connectivity index (χ0) is 13.4. The fourth-order valence-corrected chi connectivity index (χ4v) is 2.07. The molecule has 6 nitrogen and oxygen atoms in total. The van der Waals surface area contributed by atoms with Crippen LogP contribution in [-0.4, -0.2) is 16.9 Å². The molecule has 0 aromatic heterocycles. The summed E-state index contributed by atoms with van der Waals surface area (Å²) in [5, 5.41) is 13.4. The number of nitrogens with two attached hydrogens (primary N) is 1. The smallest absolute Gasteiger partial charge is 0.234 e. The average Bonchev–Trinajstić information content (AvgIpc) is 3.05. The molecule has 0 unspecified atom stereocenters. The van der Waals surface area contributed by atoms with Gasteiger partial charge < -0.3 is 11.1 Å². The van der Waals surface area contributed by atoms with Gasteiger partial charge in [-0.15, -0.1) is 0 Å². The van der Waals surface area contributed by atoms with Crippen LogP contribution in [-0.2, 0) is 4.79 Å². The molecule has 1 saturated carbocycles. The molecule has 1 aromatic carbocycles. The third kappa shape index (κ3) is 2.49. The number of carbonyl (C=O) groups excluding carboxylic acids is 1. The average molecular weight is 290 g/mol. The molecular formula is C10H9Cl2N3O3. The molecule has 96 valence electrons. The molecular weight excluding hydrogens is 281 g/mol. The number of amides is 1. The van der Waals surface area contributed by atoms with Crippen LogP contribution in [0.25, 0.3) is 0 Å². The van der Waals surface area contributed by atoms with E-state index < -0.39 is 22.8 Å². The Labute approximate surface area is 112 Å².